The molecule has 0 aliphatic heterocycles. The smallest absolute Gasteiger partial charge is 0.253 e. The summed E-state index contributed by atoms with van der Waals surface area (Å²) in [6, 6.07) is 10.9. The summed E-state index contributed by atoms with van der Waals surface area (Å²) in [6.45, 7) is 5.68. The lowest BCUT2D eigenvalue weighted by molar-refractivity contribution is 0.0950. The van der Waals surface area contributed by atoms with Crippen molar-refractivity contribution in [2.75, 3.05) is 0 Å². The predicted octanol–water partition coefficient (Wildman–Crippen LogP) is 3.10. The summed E-state index contributed by atoms with van der Waals surface area (Å²) in [7, 11) is 0. The molecule has 0 aliphatic rings. The number of hydrogen-bond acceptors (Lipinski definition) is 4. The van der Waals surface area contributed by atoms with E-state index in [1.807, 2.05) is 39.0 Å². The molecule has 2 heterocycles. The Bertz CT molecular complexity index is 1100. The van der Waals surface area contributed by atoms with E-state index in [-0.39, 0.29) is 18.0 Å². The molecule has 2 N–H and O–H groups in total. The zero-order valence-electron chi connectivity index (χ0n) is 16.0. The summed E-state index contributed by atoms with van der Waals surface area (Å²) in [5, 5.41) is 2.83. The first-order chi connectivity index (χ1) is 13.4. The number of aromatic amines is 1. The standard InChI is InChI=1S/C22H21N3O3/c1-13-4-5-16(17-6-7-18(12-26)23-10-17)9-19(13)21(27)24-11-20-14(2)8-15(3)25-22(20)28/h4-10,12H,11H2,1-3H3,(H,24,27)(H,25,28). The van der Waals surface area contributed by atoms with Crippen LogP contribution >= 0.6 is 0 Å². The number of aldehydes is 1. The number of nitrogens with zero attached hydrogens (tertiary/aromatic N) is 1. The lowest BCUT2D eigenvalue weighted by Gasteiger charge is -2.11. The monoisotopic (exact) mass is 375 g/mol. The molecule has 3 aromatic rings. The van der Waals surface area contributed by atoms with Gasteiger partial charge < -0.3 is 10.3 Å². The first-order valence-corrected chi connectivity index (χ1v) is 8.89. The second-order valence-corrected chi connectivity index (χ2v) is 6.75. The van der Waals surface area contributed by atoms with Gasteiger partial charge in [0.15, 0.2) is 6.29 Å². The Morgan fingerprint density at radius 2 is 1.82 bits per heavy atom. The van der Waals surface area contributed by atoms with Crippen LogP contribution in [0, 0.1) is 20.8 Å². The molecule has 1 amide bonds. The average molecular weight is 375 g/mol. The van der Waals surface area contributed by atoms with Crippen LogP contribution in [0.15, 0.2) is 47.4 Å². The molecular formula is C22H21N3O3. The SMILES string of the molecule is Cc1cc(C)c(CNC(=O)c2cc(-c3ccc(C=O)nc3)ccc2C)c(=O)[nH]1. The summed E-state index contributed by atoms with van der Waals surface area (Å²) < 4.78 is 0. The predicted molar refractivity (Wildman–Crippen MR) is 108 cm³/mol. The third-order valence-electron chi connectivity index (χ3n) is 4.64. The number of rotatable bonds is 5. The van der Waals surface area contributed by atoms with Crippen LogP contribution < -0.4 is 10.9 Å². The molecule has 6 heteroatoms. The van der Waals surface area contributed by atoms with Gasteiger partial charge in [-0.1, -0.05) is 18.2 Å². The van der Waals surface area contributed by atoms with Crippen molar-refractivity contribution in [3.8, 4) is 11.1 Å². The fraction of sp³-hybridized carbons (Fsp3) is 0.182. The number of nitrogens with one attached hydrogen (secondary N) is 2. The number of carbonyl (C=O) groups excluding carboxylic acids is 2. The second-order valence-electron chi connectivity index (χ2n) is 6.75. The molecule has 28 heavy (non-hydrogen) atoms. The molecule has 0 fully saturated rings. The number of carbonyl (C=O) groups is 2. The van der Waals surface area contributed by atoms with Gasteiger partial charge in [-0.3, -0.25) is 19.4 Å². The number of H-pyrrole nitrogens is 1. The molecule has 142 valence electrons. The molecule has 3 rings (SSSR count). The molecule has 2 aromatic heterocycles. The minimum absolute atomic E-state index is 0.152. The maximum atomic E-state index is 12.7. The highest BCUT2D eigenvalue weighted by Gasteiger charge is 2.13. The Morgan fingerprint density at radius 3 is 2.46 bits per heavy atom. The highest BCUT2D eigenvalue weighted by molar-refractivity contribution is 5.96. The molecule has 0 unspecified atom stereocenters. The molecule has 0 saturated carbocycles. The highest BCUT2D eigenvalue weighted by Crippen LogP contribution is 2.22. The topological polar surface area (TPSA) is 91.9 Å². The summed E-state index contributed by atoms with van der Waals surface area (Å²) >= 11 is 0. The molecule has 0 bridgehead atoms. The summed E-state index contributed by atoms with van der Waals surface area (Å²) in [6.07, 6.45) is 2.29. The quantitative estimate of drug-likeness (QED) is 0.670. The van der Waals surface area contributed by atoms with E-state index in [9.17, 15) is 14.4 Å². The molecule has 0 spiro atoms. The van der Waals surface area contributed by atoms with Crippen LogP contribution in [0.3, 0.4) is 0 Å². The zero-order chi connectivity index (χ0) is 20.3. The largest absolute Gasteiger partial charge is 0.348 e. The van der Waals surface area contributed by atoms with Gasteiger partial charge in [-0.25, -0.2) is 0 Å². The normalized spacial score (nSPS) is 10.5. The van der Waals surface area contributed by atoms with Crippen LogP contribution in [-0.4, -0.2) is 22.2 Å². The van der Waals surface area contributed by atoms with E-state index in [2.05, 4.69) is 15.3 Å². The summed E-state index contributed by atoms with van der Waals surface area (Å²) in [5.41, 5.74) is 5.32. The van der Waals surface area contributed by atoms with Gasteiger partial charge in [-0.05, 0) is 55.7 Å². The maximum absolute atomic E-state index is 12.7. The highest BCUT2D eigenvalue weighted by atomic mass is 16.2. The second kappa shape index (κ2) is 8.00. The first kappa shape index (κ1) is 19.2. The Morgan fingerprint density at radius 1 is 1.07 bits per heavy atom. The summed E-state index contributed by atoms with van der Waals surface area (Å²) in [5.74, 6) is -0.254. The Labute approximate surface area is 162 Å². The van der Waals surface area contributed by atoms with E-state index in [0.717, 1.165) is 27.9 Å². The van der Waals surface area contributed by atoms with Crippen LogP contribution in [0.4, 0.5) is 0 Å². The van der Waals surface area contributed by atoms with E-state index in [0.29, 0.717) is 23.1 Å². The Hall–Kier alpha value is -3.54. The van der Waals surface area contributed by atoms with Crippen LogP contribution in [0.5, 0.6) is 0 Å². The number of pyridine rings is 2. The average Bonchev–Trinajstić information content (AvgIpc) is 2.67. The van der Waals surface area contributed by atoms with E-state index in [1.165, 1.54) is 0 Å². The van der Waals surface area contributed by atoms with Crippen molar-refractivity contribution in [2.45, 2.75) is 27.3 Å². The van der Waals surface area contributed by atoms with Crippen LogP contribution in [0.25, 0.3) is 11.1 Å². The van der Waals surface area contributed by atoms with E-state index >= 15 is 0 Å². The van der Waals surface area contributed by atoms with Gasteiger partial charge in [0.1, 0.15) is 5.69 Å². The van der Waals surface area contributed by atoms with Crippen LogP contribution in [-0.2, 0) is 6.54 Å². The fourth-order valence-corrected chi connectivity index (χ4v) is 3.06. The van der Waals surface area contributed by atoms with Crippen molar-refractivity contribution in [1.82, 2.24) is 15.3 Å². The number of benzene rings is 1. The van der Waals surface area contributed by atoms with Gasteiger partial charge in [0.2, 0.25) is 0 Å². The number of amides is 1. The van der Waals surface area contributed by atoms with Crippen molar-refractivity contribution in [3.63, 3.8) is 0 Å². The van der Waals surface area contributed by atoms with Crippen LogP contribution in [0.1, 0.15) is 43.2 Å². The lowest BCUT2D eigenvalue weighted by Crippen LogP contribution is -2.28. The fourth-order valence-electron chi connectivity index (χ4n) is 3.06. The van der Waals surface area contributed by atoms with Gasteiger partial charge in [-0.15, -0.1) is 0 Å². The van der Waals surface area contributed by atoms with Gasteiger partial charge in [-0.2, -0.15) is 0 Å². The maximum Gasteiger partial charge on any atom is 0.253 e. The number of aryl methyl sites for hydroxylation is 3. The molecule has 6 nitrogen and oxygen atoms in total. The van der Waals surface area contributed by atoms with Crippen molar-refractivity contribution < 1.29 is 9.59 Å². The van der Waals surface area contributed by atoms with E-state index < -0.39 is 0 Å². The van der Waals surface area contributed by atoms with Gasteiger partial charge in [0.25, 0.3) is 11.5 Å². The van der Waals surface area contributed by atoms with Gasteiger partial charge in [0.05, 0.1) is 0 Å². The molecule has 0 atom stereocenters. The molecular weight excluding hydrogens is 354 g/mol. The van der Waals surface area contributed by atoms with E-state index in [1.54, 1.807) is 24.4 Å². The molecule has 0 radical (unpaired) electrons. The van der Waals surface area contributed by atoms with Crippen molar-refractivity contribution >= 4 is 12.2 Å². The van der Waals surface area contributed by atoms with E-state index in [4.69, 9.17) is 0 Å². The summed E-state index contributed by atoms with van der Waals surface area (Å²) in [4.78, 5) is 42.4. The Balaban J connectivity index is 1.83. The van der Waals surface area contributed by atoms with Crippen LogP contribution in [0.2, 0.25) is 0 Å². The molecule has 0 saturated heterocycles. The zero-order valence-corrected chi connectivity index (χ0v) is 16.0. The van der Waals surface area contributed by atoms with Crippen molar-refractivity contribution in [1.29, 1.82) is 0 Å². The first-order valence-electron chi connectivity index (χ1n) is 8.89. The minimum Gasteiger partial charge on any atom is -0.348 e. The Kier molecular flexibility index (Phi) is 5.49. The number of aromatic nitrogens is 2. The minimum atomic E-state index is -0.254. The third kappa shape index (κ3) is 4.06. The third-order valence-corrected chi connectivity index (χ3v) is 4.64. The molecule has 0 aliphatic carbocycles. The van der Waals surface area contributed by atoms with Gasteiger partial charge >= 0.3 is 0 Å². The van der Waals surface area contributed by atoms with Gasteiger partial charge in [0, 0.05) is 35.1 Å². The van der Waals surface area contributed by atoms with Crippen molar-refractivity contribution in [3.05, 3.63) is 86.6 Å². The van der Waals surface area contributed by atoms with Crippen molar-refractivity contribution in [2.24, 2.45) is 0 Å². The number of hydrogen-bond donors (Lipinski definition) is 2. The molecule has 1 aromatic carbocycles. The lowest BCUT2D eigenvalue weighted by atomic mass is 10.00.